The molecule has 0 heterocycles. The Bertz CT molecular complexity index is 398. The second-order valence-electron chi connectivity index (χ2n) is 3.30. The van der Waals surface area contributed by atoms with Gasteiger partial charge in [0.2, 0.25) is 0 Å². The van der Waals surface area contributed by atoms with Crippen molar-refractivity contribution >= 4 is 29.2 Å². The van der Waals surface area contributed by atoms with Gasteiger partial charge in [-0.2, -0.15) is 0 Å². The van der Waals surface area contributed by atoms with Crippen molar-refractivity contribution in [2.45, 2.75) is 12.1 Å². The zero-order valence-electron chi connectivity index (χ0n) is 8.58. The van der Waals surface area contributed by atoms with Crippen molar-refractivity contribution in [2.24, 2.45) is 5.73 Å². The van der Waals surface area contributed by atoms with Gasteiger partial charge in [0, 0.05) is 0 Å². The van der Waals surface area contributed by atoms with E-state index in [9.17, 15) is 4.79 Å². The van der Waals surface area contributed by atoms with Gasteiger partial charge in [0.1, 0.15) is 6.04 Å². The highest BCUT2D eigenvalue weighted by Crippen LogP contribution is 2.26. The predicted molar refractivity (Wildman–Crippen MR) is 63.9 cm³/mol. The SMILES string of the molecule is CNC(c1ccc(Cl)c(Cl)c1)C(N)C(=O)O. The highest BCUT2D eigenvalue weighted by Gasteiger charge is 2.24. The minimum absolute atomic E-state index is 0.372. The Morgan fingerprint density at radius 2 is 2.06 bits per heavy atom. The Morgan fingerprint density at radius 1 is 1.44 bits per heavy atom. The van der Waals surface area contributed by atoms with Crippen LogP contribution in [0.25, 0.3) is 0 Å². The van der Waals surface area contributed by atoms with E-state index in [-0.39, 0.29) is 0 Å². The quantitative estimate of drug-likeness (QED) is 0.772. The first-order valence-electron chi connectivity index (χ1n) is 4.58. The van der Waals surface area contributed by atoms with Gasteiger partial charge >= 0.3 is 5.97 Å². The smallest absolute Gasteiger partial charge is 0.322 e. The third-order valence-electron chi connectivity index (χ3n) is 2.26. The summed E-state index contributed by atoms with van der Waals surface area (Å²) < 4.78 is 0. The summed E-state index contributed by atoms with van der Waals surface area (Å²) in [7, 11) is 1.63. The van der Waals surface area contributed by atoms with E-state index in [4.69, 9.17) is 34.0 Å². The molecule has 2 atom stereocenters. The third-order valence-corrected chi connectivity index (χ3v) is 3.00. The van der Waals surface area contributed by atoms with Gasteiger partial charge < -0.3 is 16.2 Å². The molecule has 4 N–H and O–H groups in total. The molecule has 2 unspecified atom stereocenters. The van der Waals surface area contributed by atoms with Crippen molar-refractivity contribution < 1.29 is 9.90 Å². The third kappa shape index (κ3) is 2.86. The van der Waals surface area contributed by atoms with Crippen LogP contribution in [-0.4, -0.2) is 24.2 Å². The maximum absolute atomic E-state index is 10.8. The average molecular weight is 263 g/mol. The number of hydrogen-bond donors (Lipinski definition) is 3. The molecule has 0 amide bonds. The van der Waals surface area contributed by atoms with Crippen molar-refractivity contribution in [3.8, 4) is 0 Å². The fourth-order valence-electron chi connectivity index (χ4n) is 1.40. The topological polar surface area (TPSA) is 75.3 Å². The van der Waals surface area contributed by atoms with Crippen LogP contribution >= 0.6 is 23.2 Å². The van der Waals surface area contributed by atoms with Gasteiger partial charge in [-0.25, -0.2) is 0 Å². The Morgan fingerprint density at radius 3 is 2.50 bits per heavy atom. The highest BCUT2D eigenvalue weighted by molar-refractivity contribution is 6.42. The molecular weight excluding hydrogens is 251 g/mol. The van der Waals surface area contributed by atoms with Crippen LogP contribution in [0.5, 0.6) is 0 Å². The number of rotatable bonds is 4. The summed E-state index contributed by atoms with van der Waals surface area (Å²) in [5.41, 5.74) is 6.24. The largest absolute Gasteiger partial charge is 0.480 e. The molecule has 0 aliphatic rings. The maximum atomic E-state index is 10.8. The molecule has 0 spiro atoms. The summed E-state index contributed by atoms with van der Waals surface area (Å²) in [6, 6.07) is 3.36. The van der Waals surface area contributed by atoms with Crippen LogP contribution in [0, 0.1) is 0 Å². The molecule has 16 heavy (non-hydrogen) atoms. The standard InChI is InChI=1S/C10H12Cl2N2O2/c1-14-9(8(13)10(15)16)5-2-3-6(11)7(12)4-5/h2-4,8-9,14H,13H2,1H3,(H,15,16). The van der Waals surface area contributed by atoms with Crippen molar-refractivity contribution in [1.82, 2.24) is 5.32 Å². The zero-order valence-corrected chi connectivity index (χ0v) is 10.1. The first-order chi connectivity index (χ1) is 7.47. The van der Waals surface area contributed by atoms with Crippen molar-refractivity contribution in [3.63, 3.8) is 0 Å². The van der Waals surface area contributed by atoms with E-state index in [2.05, 4.69) is 5.32 Å². The van der Waals surface area contributed by atoms with Crippen LogP contribution in [0.15, 0.2) is 18.2 Å². The van der Waals surface area contributed by atoms with E-state index >= 15 is 0 Å². The van der Waals surface area contributed by atoms with Crippen molar-refractivity contribution in [2.75, 3.05) is 7.05 Å². The van der Waals surface area contributed by atoms with E-state index in [0.29, 0.717) is 15.6 Å². The summed E-state index contributed by atoms with van der Waals surface area (Å²) in [6.07, 6.45) is 0. The van der Waals surface area contributed by atoms with Crippen LogP contribution in [0.1, 0.15) is 11.6 Å². The second kappa shape index (κ2) is 5.50. The van der Waals surface area contributed by atoms with Crippen LogP contribution in [0.3, 0.4) is 0 Å². The first-order valence-corrected chi connectivity index (χ1v) is 5.33. The molecule has 0 fully saturated rings. The number of nitrogens with one attached hydrogen (secondary N) is 1. The van der Waals surface area contributed by atoms with Gasteiger partial charge in [0.15, 0.2) is 0 Å². The van der Waals surface area contributed by atoms with E-state index in [1.54, 1.807) is 25.2 Å². The molecule has 1 aromatic carbocycles. The molecule has 6 heteroatoms. The normalized spacial score (nSPS) is 14.5. The summed E-state index contributed by atoms with van der Waals surface area (Å²) >= 11 is 11.6. The highest BCUT2D eigenvalue weighted by atomic mass is 35.5. The lowest BCUT2D eigenvalue weighted by molar-refractivity contribution is -0.139. The van der Waals surface area contributed by atoms with E-state index in [1.165, 1.54) is 0 Å². The molecule has 0 aromatic heterocycles. The summed E-state index contributed by atoms with van der Waals surface area (Å²) in [4.78, 5) is 10.8. The Balaban J connectivity index is 3.04. The van der Waals surface area contributed by atoms with E-state index in [0.717, 1.165) is 0 Å². The van der Waals surface area contributed by atoms with Crippen LogP contribution in [0.4, 0.5) is 0 Å². The molecular formula is C10H12Cl2N2O2. The number of benzene rings is 1. The lowest BCUT2D eigenvalue weighted by atomic mass is 10.0. The number of aliphatic carboxylic acids is 1. The second-order valence-corrected chi connectivity index (χ2v) is 4.12. The van der Waals surface area contributed by atoms with Crippen LogP contribution in [-0.2, 0) is 4.79 Å². The van der Waals surface area contributed by atoms with Gasteiger partial charge in [0.25, 0.3) is 0 Å². The minimum Gasteiger partial charge on any atom is -0.480 e. The molecule has 88 valence electrons. The minimum atomic E-state index is -1.08. The first kappa shape index (κ1) is 13.3. The fourth-order valence-corrected chi connectivity index (χ4v) is 1.71. The molecule has 0 aliphatic heterocycles. The van der Waals surface area contributed by atoms with E-state index in [1.807, 2.05) is 0 Å². The zero-order chi connectivity index (χ0) is 12.3. The fraction of sp³-hybridized carbons (Fsp3) is 0.300. The number of carbonyl (C=O) groups is 1. The number of halogens is 2. The van der Waals surface area contributed by atoms with E-state index < -0.39 is 18.1 Å². The number of carboxylic acids is 1. The van der Waals surface area contributed by atoms with Crippen LogP contribution in [0.2, 0.25) is 10.0 Å². The van der Waals surface area contributed by atoms with Gasteiger partial charge in [-0.1, -0.05) is 29.3 Å². The average Bonchev–Trinajstić information content (AvgIpc) is 2.24. The Kier molecular flexibility index (Phi) is 4.56. The monoisotopic (exact) mass is 262 g/mol. The Hall–Kier alpha value is -0.810. The molecule has 1 rings (SSSR count). The number of hydrogen-bond acceptors (Lipinski definition) is 3. The molecule has 0 saturated heterocycles. The molecule has 0 saturated carbocycles. The summed E-state index contributed by atoms with van der Waals surface area (Å²) in [6.45, 7) is 0. The lowest BCUT2D eigenvalue weighted by Gasteiger charge is -2.20. The number of likely N-dealkylation sites (N-methyl/N-ethyl adjacent to an activating group) is 1. The molecule has 1 aromatic rings. The molecule has 0 bridgehead atoms. The van der Waals surface area contributed by atoms with Gasteiger partial charge in [-0.3, -0.25) is 4.79 Å². The summed E-state index contributed by atoms with van der Waals surface area (Å²) in [5.74, 6) is -1.08. The predicted octanol–water partition coefficient (Wildman–Crippen LogP) is 1.67. The summed E-state index contributed by atoms with van der Waals surface area (Å²) in [5, 5.41) is 12.5. The maximum Gasteiger partial charge on any atom is 0.322 e. The van der Waals surface area contributed by atoms with Crippen molar-refractivity contribution in [1.29, 1.82) is 0 Å². The number of carboxylic acid groups (broad SMARTS) is 1. The molecule has 0 aliphatic carbocycles. The van der Waals surface area contributed by atoms with Gasteiger partial charge in [-0.05, 0) is 24.7 Å². The lowest BCUT2D eigenvalue weighted by Crippen LogP contribution is -2.42. The van der Waals surface area contributed by atoms with Crippen LogP contribution < -0.4 is 11.1 Å². The van der Waals surface area contributed by atoms with Crippen molar-refractivity contribution in [3.05, 3.63) is 33.8 Å². The Labute approximate surface area is 103 Å². The molecule has 4 nitrogen and oxygen atoms in total. The van der Waals surface area contributed by atoms with Gasteiger partial charge in [0.05, 0.1) is 16.1 Å². The molecule has 0 radical (unpaired) electrons. The number of nitrogens with two attached hydrogens (primary N) is 1. The van der Waals surface area contributed by atoms with Gasteiger partial charge in [-0.15, -0.1) is 0 Å².